The van der Waals surface area contributed by atoms with Gasteiger partial charge in [-0.25, -0.2) is 4.79 Å². The predicted octanol–water partition coefficient (Wildman–Crippen LogP) is 1.80. The molecule has 2 rings (SSSR count). The van der Waals surface area contributed by atoms with Crippen molar-refractivity contribution in [1.82, 2.24) is 10.6 Å². The summed E-state index contributed by atoms with van der Waals surface area (Å²) < 4.78 is 9.63. The standard InChI is InChI=1S/C10H18N2O3.C8H8O2/c1-10(2,3)15-9(14)12-7-4-8(13)6-11-5-7;9-7-10-6-8-4-2-1-3-5-8/h7,11H,4-6H2,1-3H3,(H,12,14);1-5,7H,6H2/t7-;/m0./s1. The Balaban J connectivity index is 0.000000271. The van der Waals surface area contributed by atoms with Gasteiger partial charge in [-0.2, -0.15) is 0 Å². The van der Waals surface area contributed by atoms with Crippen LogP contribution >= 0.6 is 0 Å². The average molecular weight is 350 g/mol. The summed E-state index contributed by atoms with van der Waals surface area (Å²) in [6, 6.07) is 9.39. The Bertz CT molecular complexity index is 554. The maximum absolute atomic E-state index is 11.4. The number of hydrogen-bond acceptors (Lipinski definition) is 6. The predicted molar refractivity (Wildman–Crippen MR) is 92.9 cm³/mol. The van der Waals surface area contributed by atoms with Crippen molar-refractivity contribution in [2.24, 2.45) is 0 Å². The number of carbonyl (C=O) groups is 3. The average Bonchev–Trinajstić information content (AvgIpc) is 2.52. The number of rotatable bonds is 4. The third-order valence-corrected chi connectivity index (χ3v) is 3.07. The molecule has 25 heavy (non-hydrogen) atoms. The minimum absolute atomic E-state index is 0.113. The molecule has 0 saturated carbocycles. The lowest BCUT2D eigenvalue weighted by Gasteiger charge is -2.25. The number of benzene rings is 1. The highest BCUT2D eigenvalue weighted by Gasteiger charge is 2.23. The van der Waals surface area contributed by atoms with Crippen molar-refractivity contribution in [3.05, 3.63) is 35.9 Å². The maximum atomic E-state index is 11.4. The van der Waals surface area contributed by atoms with Crippen LogP contribution in [0.1, 0.15) is 32.8 Å². The van der Waals surface area contributed by atoms with Gasteiger partial charge in [0.2, 0.25) is 0 Å². The summed E-state index contributed by atoms with van der Waals surface area (Å²) in [5.74, 6) is 0.113. The lowest BCUT2D eigenvalue weighted by molar-refractivity contribution is -0.129. The van der Waals surface area contributed by atoms with Crippen LogP contribution in [-0.4, -0.2) is 43.1 Å². The van der Waals surface area contributed by atoms with Crippen LogP contribution in [0, 0.1) is 0 Å². The number of Topliss-reactive ketones (excluding diaryl/α,β-unsaturated/α-hetero) is 1. The van der Waals surface area contributed by atoms with Crippen molar-refractivity contribution >= 4 is 18.3 Å². The maximum Gasteiger partial charge on any atom is 0.407 e. The van der Waals surface area contributed by atoms with Crippen LogP contribution in [0.5, 0.6) is 0 Å². The van der Waals surface area contributed by atoms with E-state index in [1.807, 2.05) is 30.3 Å². The molecule has 0 bridgehead atoms. The first-order valence-electron chi connectivity index (χ1n) is 8.11. The Kier molecular flexibility index (Phi) is 8.63. The van der Waals surface area contributed by atoms with E-state index in [1.165, 1.54) is 0 Å². The first-order valence-corrected chi connectivity index (χ1v) is 8.11. The molecular formula is C18H26N2O5. The van der Waals surface area contributed by atoms with Crippen LogP contribution in [-0.2, 0) is 25.7 Å². The number of ether oxygens (including phenoxy) is 2. The second-order valence-corrected chi connectivity index (χ2v) is 6.61. The molecule has 1 amide bonds. The number of piperidine rings is 1. The van der Waals surface area contributed by atoms with Gasteiger partial charge in [-0.1, -0.05) is 30.3 Å². The molecule has 1 heterocycles. The molecule has 138 valence electrons. The highest BCUT2D eigenvalue weighted by molar-refractivity contribution is 5.82. The monoisotopic (exact) mass is 350 g/mol. The van der Waals surface area contributed by atoms with Crippen molar-refractivity contribution in [3.8, 4) is 0 Å². The molecule has 1 saturated heterocycles. The van der Waals surface area contributed by atoms with Crippen molar-refractivity contribution in [2.75, 3.05) is 13.1 Å². The van der Waals surface area contributed by atoms with E-state index in [1.54, 1.807) is 20.8 Å². The lowest BCUT2D eigenvalue weighted by atomic mass is 10.1. The SMILES string of the molecule is CC(C)(C)OC(=O)N[C@@H]1CNCC(=O)C1.O=COCc1ccccc1. The van der Waals surface area contributed by atoms with E-state index in [2.05, 4.69) is 15.4 Å². The van der Waals surface area contributed by atoms with Gasteiger partial charge >= 0.3 is 6.09 Å². The van der Waals surface area contributed by atoms with Crippen LogP contribution in [0.25, 0.3) is 0 Å². The topological polar surface area (TPSA) is 93.7 Å². The molecule has 0 aromatic heterocycles. The lowest BCUT2D eigenvalue weighted by Crippen LogP contribution is -2.50. The Morgan fingerprint density at radius 2 is 2.00 bits per heavy atom. The van der Waals surface area contributed by atoms with Crippen LogP contribution in [0.4, 0.5) is 4.79 Å². The third-order valence-electron chi connectivity index (χ3n) is 3.07. The molecule has 1 aliphatic rings. The molecule has 1 atom stereocenters. The van der Waals surface area contributed by atoms with Gasteiger partial charge in [0.15, 0.2) is 0 Å². The number of ketones is 1. The largest absolute Gasteiger partial charge is 0.463 e. The molecule has 1 aromatic carbocycles. The molecule has 2 N–H and O–H groups in total. The molecule has 0 aliphatic carbocycles. The van der Waals surface area contributed by atoms with Crippen molar-refractivity contribution < 1.29 is 23.9 Å². The van der Waals surface area contributed by atoms with Crippen molar-refractivity contribution in [2.45, 2.75) is 45.4 Å². The van der Waals surface area contributed by atoms with Crippen LogP contribution in [0.2, 0.25) is 0 Å². The van der Waals surface area contributed by atoms with Crippen LogP contribution in [0.3, 0.4) is 0 Å². The van der Waals surface area contributed by atoms with Gasteiger partial charge in [0.25, 0.3) is 6.47 Å². The number of amides is 1. The molecule has 1 aliphatic heterocycles. The van der Waals surface area contributed by atoms with Gasteiger partial charge < -0.3 is 20.1 Å². The Labute approximate surface area is 148 Å². The number of carbonyl (C=O) groups excluding carboxylic acids is 3. The zero-order valence-electron chi connectivity index (χ0n) is 14.9. The summed E-state index contributed by atoms with van der Waals surface area (Å²) in [6.45, 7) is 7.24. The molecule has 7 heteroatoms. The van der Waals surface area contributed by atoms with Crippen molar-refractivity contribution in [1.29, 1.82) is 0 Å². The van der Waals surface area contributed by atoms with E-state index in [-0.39, 0.29) is 11.8 Å². The van der Waals surface area contributed by atoms with Crippen LogP contribution < -0.4 is 10.6 Å². The Morgan fingerprint density at radius 1 is 1.32 bits per heavy atom. The fraction of sp³-hybridized carbons (Fsp3) is 0.500. The molecule has 0 unspecified atom stereocenters. The fourth-order valence-electron chi connectivity index (χ4n) is 2.09. The highest BCUT2D eigenvalue weighted by Crippen LogP contribution is 2.07. The second-order valence-electron chi connectivity index (χ2n) is 6.61. The number of nitrogens with one attached hydrogen (secondary N) is 2. The van der Waals surface area contributed by atoms with E-state index in [0.717, 1.165) is 5.56 Å². The third kappa shape index (κ3) is 10.1. The molecule has 7 nitrogen and oxygen atoms in total. The van der Waals surface area contributed by atoms with Gasteiger partial charge in [-0.05, 0) is 26.3 Å². The van der Waals surface area contributed by atoms with Gasteiger partial charge in [0.05, 0.1) is 12.6 Å². The summed E-state index contributed by atoms with van der Waals surface area (Å²) >= 11 is 0. The summed E-state index contributed by atoms with van der Waals surface area (Å²) in [5, 5.41) is 5.59. The van der Waals surface area contributed by atoms with Gasteiger partial charge in [-0.15, -0.1) is 0 Å². The summed E-state index contributed by atoms with van der Waals surface area (Å²) in [4.78, 5) is 32.2. The summed E-state index contributed by atoms with van der Waals surface area (Å²) in [5.41, 5.74) is 0.505. The Morgan fingerprint density at radius 3 is 2.56 bits per heavy atom. The van der Waals surface area contributed by atoms with E-state index in [9.17, 15) is 14.4 Å². The first-order chi connectivity index (χ1) is 11.8. The Hall–Kier alpha value is -2.41. The summed E-state index contributed by atoms with van der Waals surface area (Å²) in [6.07, 6.45) is -0.0873. The molecule has 0 radical (unpaired) electrons. The van der Waals surface area contributed by atoms with E-state index < -0.39 is 11.7 Å². The fourth-order valence-corrected chi connectivity index (χ4v) is 2.09. The second kappa shape index (κ2) is 10.5. The quantitative estimate of drug-likeness (QED) is 0.804. The molecule has 1 fully saturated rings. The van der Waals surface area contributed by atoms with E-state index in [0.29, 0.717) is 32.6 Å². The normalized spacial score (nSPS) is 16.9. The zero-order valence-corrected chi connectivity index (χ0v) is 14.9. The highest BCUT2D eigenvalue weighted by atomic mass is 16.6. The molecular weight excluding hydrogens is 324 g/mol. The number of alkyl carbamates (subject to hydrolysis) is 1. The van der Waals surface area contributed by atoms with Gasteiger partial charge in [0, 0.05) is 13.0 Å². The van der Waals surface area contributed by atoms with Crippen molar-refractivity contribution in [3.63, 3.8) is 0 Å². The van der Waals surface area contributed by atoms with Gasteiger partial charge in [0.1, 0.15) is 18.0 Å². The molecule has 1 aromatic rings. The van der Waals surface area contributed by atoms with E-state index in [4.69, 9.17) is 4.74 Å². The molecule has 0 spiro atoms. The summed E-state index contributed by atoms with van der Waals surface area (Å²) in [7, 11) is 0. The van der Waals surface area contributed by atoms with Gasteiger partial charge in [-0.3, -0.25) is 9.59 Å². The van der Waals surface area contributed by atoms with Crippen LogP contribution in [0.15, 0.2) is 30.3 Å². The smallest absolute Gasteiger partial charge is 0.407 e. The van der Waals surface area contributed by atoms with E-state index >= 15 is 0 Å². The zero-order chi connectivity index (χ0) is 18.7. The minimum Gasteiger partial charge on any atom is -0.463 e. The minimum atomic E-state index is -0.504. The number of hydrogen-bond donors (Lipinski definition) is 2. The first kappa shape index (κ1) is 20.6.